The van der Waals surface area contributed by atoms with Crippen LogP contribution in [0.5, 0.6) is 0 Å². The van der Waals surface area contributed by atoms with Crippen LogP contribution >= 0.6 is 11.3 Å². The molecule has 0 saturated heterocycles. The van der Waals surface area contributed by atoms with Gasteiger partial charge in [-0.15, -0.1) is 11.3 Å². The highest BCUT2D eigenvalue weighted by atomic mass is 32.1. The van der Waals surface area contributed by atoms with E-state index in [0.29, 0.717) is 5.69 Å². The van der Waals surface area contributed by atoms with E-state index in [9.17, 15) is 4.79 Å². The van der Waals surface area contributed by atoms with Gasteiger partial charge in [-0.2, -0.15) is 0 Å². The molecular weight excluding hydrogens is 246 g/mol. The smallest absolute Gasteiger partial charge is 0.270 e. The number of pyridine rings is 1. The Balaban J connectivity index is 2.03. The number of aromatic nitrogens is 1. The molecule has 0 aliphatic carbocycles. The number of carbonyl (C=O) groups excluding carboxylic acids is 1. The molecule has 2 aromatic heterocycles. The molecule has 0 aromatic carbocycles. The normalized spacial score (nSPS) is 11.9. The van der Waals surface area contributed by atoms with Gasteiger partial charge in [0.15, 0.2) is 0 Å². The third-order valence-corrected chi connectivity index (χ3v) is 3.66. The van der Waals surface area contributed by atoms with Gasteiger partial charge in [0.1, 0.15) is 5.69 Å². The molecule has 0 bridgehead atoms. The Morgan fingerprint density at radius 3 is 2.78 bits per heavy atom. The fourth-order valence-electron chi connectivity index (χ4n) is 1.56. The van der Waals surface area contributed by atoms with Crippen LogP contribution in [0.15, 0.2) is 35.8 Å². The number of rotatable bonds is 4. The van der Waals surface area contributed by atoms with Crippen LogP contribution in [0.2, 0.25) is 0 Å². The third-order valence-electron chi connectivity index (χ3n) is 2.60. The molecule has 5 heteroatoms. The lowest BCUT2D eigenvalue weighted by atomic mass is 10.2. The highest BCUT2D eigenvalue weighted by Gasteiger charge is 2.12. The predicted octanol–water partition coefficient (Wildman–Crippen LogP) is 2.68. The average molecular weight is 261 g/mol. The summed E-state index contributed by atoms with van der Waals surface area (Å²) in [5.41, 5.74) is 1.32. The summed E-state index contributed by atoms with van der Waals surface area (Å²) in [7, 11) is 1.82. The number of nitrogens with one attached hydrogen (secondary N) is 2. The molecule has 2 heterocycles. The van der Waals surface area contributed by atoms with Gasteiger partial charge in [0.2, 0.25) is 0 Å². The molecule has 0 aliphatic rings. The highest BCUT2D eigenvalue weighted by Crippen LogP contribution is 2.18. The van der Waals surface area contributed by atoms with Crippen molar-refractivity contribution in [3.8, 4) is 0 Å². The quantitative estimate of drug-likeness (QED) is 0.889. The Morgan fingerprint density at radius 2 is 2.22 bits per heavy atom. The summed E-state index contributed by atoms with van der Waals surface area (Å²) >= 11 is 1.63. The lowest BCUT2D eigenvalue weighted by Gasteiger charge is -2.11. The molecule has 1 atom stereocenters. The summed E-state index contributed by atoms with van der Waals surface area (Å²) in [6.45, 7) is 1.96. The molecule has 0 fully saturated rings. The van der Waals surface area contributed by atoms with Crippen molar-refractivity contribution < 1.29 is 4.79 Å². The van der Waals surface area contributed by atoms with Crippen molar-refractivity contribution in [1.82, 2.24) is 10.3 Å². The average Bonchev–Trinajstić information content (AvgIpc) is 2.92. The first kappa shape index (κ1) is 12.6. The minimum Gasteiger partial charge on any atom is -0.387 e. The Labute approximate surface area is 110 Å². The summed E-state index contributed by atoms with van der Waals surface area (Å²) in [4.78, 5) is 17.2. The fraction of sp³-hybridized carbons (Fsp3) is 0.231. The lowest BCUT2D eigenvalue weighted by molar-refractivity contribution is 0.0935. The van der Waals surface area contributed by atoms with Crippen LogP contribution in [0.1, 0.15) is 28.3 Å². The van der Waals surface area contributed by atoms with Gasteiger partial charge in [-0.3, -0.25) is 4.79 Å². The minimum atomic E-state index is -0.154. The number of nitrogens with zero attached hydrogens (tertiary/aromatic N) is 1. The van der Waals surface area contributed by atoms with Gasteiger partial charge in [-0.05, 0) is 30.5 Å². The van der Waals surface area contributed by atoms with Crippen LogP contribution < -0.4 is 10.6 Å². The van der Waals surface area contributed by atoms with E-state index in [1.165, 1.54) is 0 Å². The number of anilines is 1. The molecule has 0 radical (unpaired) electrons. The second kappa shape index (κ2) is 5.64. The Hall–Kier alpha value is -1.88. The first-order valence-corrected chi connectivity index (χ1v) is 6.56. The Morgan fingerprint density at radius 1 is 1.39 bits per heavy atom. The number of carbonyl (C=O) groups is 1. The van der Waals surface area contributed by atoms with Crippen molar-refractivity contribution in [3.63, 3.8) is 0 Å². The Kier molecular flexibility index (Phi) is 3.94. The lowest BCUT2D eigenvalue weighted by Crippen LogP contribution is -2.26. The van der Waals surface area contributed by atoms with Gasteiger partial charge in [0.25, 0.3) is 5.91 Å². The molecule has 94 valence electrons. The van der Waals surface area contributed by atoms with Gasteiger partial charge < -0.3 is 10.6 Å². The fourth-order valence-corrected chi connectivity index (χ4v) is 2.29. The maximum Gasteiger partial charge on any atom is 0.270 e. The summed E-state index contributed by atoms with van der Waals surface area (Å²) in [5, 5.41) is 7.89. The second-order valence-corrected chi connectivity index (χ2v) is 4.87. The molecule has 2 rings (SSSR count). The van der Waals surface area contributed by atoms with Gasteiger partial charge in [0, 0.05) is 11.9 Å². The maximum atomic E-state index is 12.0. The topological polar surface area (TPSA) is 54.0 Å². The van der Waals surface area contributed by atoms with Crippen LogP contribution in [0, 0.1) is 0 Å². The summed E-state index contributed by atoms with van der Waals surface area (Å²) in [5.74, 6) is -0.154. The standard InChI is InChI=1S/C13H15N3OS/c1-9(12-4-3-7-18-12)16-13(17)11-6-5-10(14-2)8-15-11/h3-9,14H,1-2H3,(H,16,17). The van der Waals surface area contributed by atoms with E-state index >= 15 is 0 Å². The van der Waals surface area contributed by atoms with Crippen LogP contribution in [0.25, 0.3) is 0 Å². The summed E-state index contributed by atoms with van der Waals surface area (Å²) in [6, 6.07) is 7.53. The van der Waals surface area contributed by atoms with E-state index < -0.39 is 0 Å². The van der Waals surface area contributed by atoms with Crippen LogP contribution in [-0.2, 0) is 0 Å². The largest absolute Gasteiger partial charge is 0.387 e. The van der Waals surface area contributed by atoms with Crippen molar-refractivity contribution >= 4 is 22.9 Å². The van der Waals surface area contributed by atoms with Gasteiger partial charge in [-0.1, -0.05) is 6.07 Å². The van der Waals surface area contributed by atoms with Crippen LogP contribution in [-0.4, -0.2) is 17.9 Å². The van der Waals surface area contributed by atoms with Gasteiger partial charge >= 0.3 is 0 Å². The SMILES string of the molecule is CNc1ccc(C(=O)NC(C)c2cccs2)nc1. The zero-order valence-electron chi connectivity index (χ0n) is 10.3. The minimum absolute atomic E-state index is 0.00303. The van der Waals surface area contributed by atoms with Crippen LogP contribution in [0.4, 0.5) is 5.69 Å². The maximum absolute atomic E-state index is 12.0. The van der Waals surface area contributed by atoms with E-state index in [-0.39, 0.29) is 11.9 Å². The van der Waals surface area contributed by atoms with E-state index in [2.05, 4.69) is 15.6 Å². The first-order valence-electron chi connectivity index (χ1n) is 5.69. The first-order chi connectivity index (χ1) is 8.70. The van der Waals surface area contributed by atoms with Crippen molar-refractivity contribution in [2.24, 2.45) is 0 Å². The molecule has 4 nitrogen and oxygen atoms in total. The Bertz CT molecular complexity index is 508. The second-order valence-electron chi connectivity index (χ2n) is 3.89. The van der Waals surface area contributed by atoms with Crippen molar-refractivity contribution in [2.45, 2.75) is 13.0 Å². The number of hydrogen-bond acceptors (Lipinski definition) is 4. The zero-order chi connectivity index (χ0) is 13.0. The number of thiophene rings is 1. The summed E-state index contributed by atoms with van der Waals surface area (Å²) < 4.78 is 0. The summed E-state index contributed by atoms with van der Waals surface area (Å²) in [6.07, 6.45) is 1.64. The molecule has 1 unspecified atom stereocenters. The predicted molar refractivity (Wildman–Crippen MR) is 74.0 cm³/mol. The van der Waals surface area contributed by atoms with E-state index in [1.807, 2.05) is 37.6 Å². The molecular formula is C13H15N3OS. The van der Waals surface area contributed by atoms with E-state index in [0.717, 1.165) is 10.6 Å². The monoisotopic (exact) mass is 261 g/mol. The van der Waals surface area contributed by atoms with Crippen molar-refractivity contribution in [3.05, 3.63) is 46.4 Å². The molecule has 2 aromatic rings. The van der Waals surface area contributed by atoms with Crippen molar-refractivity contribution in [1.29, 1.82) is 0 Å². The van der Waals surface area contributed by atoms with E-state index in [4.69, 9.17) is 0 Å². The van der Waals surface area contributed by atoms with Crippen molar-refractivity contribution in [2.75, 3.05) is 12.4 Å². The third kappa shape index (κ3) is 2.87. The molecule has 0 aliphatic heterocycles. The molecule has 18 heavy (non-hydrogen) atoms. The molecule has 0 saturated carbocycles. The molecule has 1 amide bonds. The van der Waals surface area contributed by atoms with Crippen LogP contribution in [0.3, 0.4) is 0 Å². The molecule has 0 spiro atoms. The zero-order valence-corrected chi connectivity index (χ0v) is 11.1. The number of hydrogen-bond donors (Lipinski definition) is 2. The molecule has 2 N–H and O–H groups in total. The van der Waals surface area contributed by atoms with Gasteiger partial charge in [-0.25, -0.2) is 4.98 Å². The number of amides is 1. The highest BCUT2D eigenvalue weighted by molar-refractivity contribution is 7.10. The van der Waals surface area contributed by atoms with E-state index in [1.54, 1.807) is 23.6 Å². The van der Waals surface area contributed by atoms with Gasteiger partial charge in [0.05, 0.1) is 17.9 Å².